The fourth-order valence-electron chi connectivity index (χ4n) is 0.448. The minimum atomic E-state index is -4.21. The summed E-state index contributed by atoms with van der Waals surface area (Å²) < 4.78 is 30.4. The van der Waals surface area contributed by atoms with Crippen molar-refractivity contribution in [1.29, 1.82) is 0 Å². The fraction of sp³-hybridized carbons (Fsp3) is 0.333. The van der Waals surface area contributed by atoms with Gasteiger partial charge in [-0.25, -0.2) is 4.72 Å². The van der Waals surface area contributed by atoms with Crippen molar-refractivity contribution in [2.24, 2.45) is 0 Å². The van der Waals surface area contributed by atoms with Crippen molar-refractivity contribution in [2.45, 2.75) is 6.92 Å². The van der Waals surface area contributed by atoms with Crippen molar-refractivity contribution in [3.63, 3.8) is 0 Å². The van der Waals surface area contributed by atoms with Gasteiger partial charge in [-0.3, -0.25) is 4.55 Å². The molecule has 0 aliphatic rings. The third kappa shape index (κ3) is 4.33. The van der Waals surface area contributed by atoms with Crippen LogP contribution in [0.3, 0.4) is 0 Å². The van der Waals surface area contributed by atoms with E-state index in [2.05, 4.69) is 10.2 Å². The molecule has 1 heterocycles. The molecule has 0 aliphatic heterocycles. The molecule has 1 aromatic rings. The van der Waals surface area contributed by atoms with E-state index in [1.165, 1.54) is 0 Å². The van der Waals surface area contributed by atoms with Gasteiger partial charge in [0.05, 0.1) is 0 Å². The normalized spacial score (nSPS) is 10.5. The average molecular weight is 219 g/mol. The Bertz CT molecular complexity index is 347. The molecule has 0 atom stereocenters. The van der Waals surface area contributed by atoms with Crippen LogP contribution in [-0.4, -0.2) is 52.7 Å². The standard InChI is InChI=1S/C3H5N3O3S2.Na.H/c1-2-4-5-3(10-2)6-11(7,8)9;;/h1H3,(H,5,6)(H,7,8,9);;. The first kappa shape index (κ1) is 12.3. The van der Waals surface area contributed by atoms with Crippen LogP contribution in [-0.2, 0) is 10.3 Å². The zero-order valence-corrected chi connectivity index (χ0v) is 7.11. The first-order chi connectivity index (χ1) is 4.97. The third-order valence-electron chi connectivity index (χ3n) is 0.742. The molecule has 0 bridgehead atoms. The first-order valence-electron chi connectivity index (χ1n) is 2.53. The van der Waals surface area contributed by atoms with Gasteiger partial charge < -0.3 is 0 Å². The van der Waals surface area contributed by atoms with Crippen LogP contribution in [0, 0.1) is 6.92 Å². The first-order valence-corrected chi connectivity index (χ1v) is 4.78. The van der Waals surface area contributed by atoms with Gasteiger partial charge in [0.2, 0.25) is 5.13 Å². The topological polar surface area (TPSA) is 92.2 Å². The number of aryl methyl sites for hydroxylation is 1. The van der Waals surface area contributed by atoms with E-state index < -0.39 is 10.3 Å². The summed E-state index contributed by atoms with van der Waals surface area (Å²) in [5.41, 5.74) is 0. The molecule has 0 radical (unpaired) electrons. The second-order valence-corrected chi connectivity index (χ2v) is 4.04. The molecule has 9 heteroatoms. The molecule has 0 saturated heterocycles. The summed E-state index contributed by atoms with van der Waals surface area (Å²) in [5, 5.41) is 7.63. The number of hydrogen-bond acceptors (Lipinski definition) is 5. The summed E-state index contributed by atoms with van der Waals surface area (Å²) in [6.07, 6.45) is 0. The molecular weight excluding hydrogens is 213 g/mol. The van der Waals surface area contributed by atoms with E-state index in [4.69, 9.17) is 4.55 Å². The monoisotopic (exact) mass is 219 g/mol. The molecule has 6 nitrogen and oxygen atoms in total. The molecule has 0 amide bonds. The molecule has 0 unspecified atom stereocenters. The SMILES string of the molecule is Cc1nnc(NS(=O)(=O)O)s1.[NaH]. The molecule has 0 fully saturated rings. The van der Waals surface area contributed by atoms with Crippen molar-refractivity contribution in [3.05, 3.63) is 5.01 Å². The van der Waals surface area contributed by atoms with Gasteiger partial charge in [-0.05, 0) is 6.92 Å². The third-order valence-corrected chi connectivity index (χ3v) is 2.08. The Morgan fingerprint density at radius 1 is 1.50 bits per heavy atom. The fourth-order valence-corrected chi connectivity index (χ4v) is 1.64. The quantitative estimate of drug-likeness (QED) is 0.512. The van der Waals surface area contributed by atoms with Crippen LogP contribution < -0.4 is 4.72 Å². The van der Waals surface area contributed by atoms with E-state index in [1.54, 1.807) is 11.6 Å². The van der Waals surface area contributed by atoms with E-state index >= 15 is 0 Å². The Morgan fingerprint density at radius 2 is 2.08 bits per heavy atom. The summed E-state index contributed by atoms with van der Waals surface area (Å²) in [4.78, 5) is 0. The maximum atomic E-state index is 10.2. The number of nitrogens with one attached hydrogen (secondary N) is 1. The summed E-state index contributed by atoms with van der Waals surface area (Å²) in [5.74, 6) is 0. The maximum absolute atomic E-state index is 10.2. The molecule has 2 N–H and O–H groups in total. The van der Waals surface area contributed by atoms with E-state index in [0.717, 1.165) is 11.3 Å². The Labute approximate surface area is 95.6 Å². The summed E-state index contributed by atoms with van der Waals surface area (Å²) in [6.45, 7) is 1.67. The van der Waals surface area contributed by atoms with Crippen molar-refractivity contribution in [2.75, 3.05) is 4.72 Å². The molecular formula is C3H6N3NaO3S2. The van der Waals surface area contributed by atoms with Gasteiger partial charge in [0.1, 0.15) is 5.01 Å². The Morgan fingerprint density at radius 3 is 2.42 bits per heavy atom. The summed E-state index contributed by atoms with van der Waals surface area (Å²) in [6, 6.07) is 0. The van der Waals surface area contributed by atoms with Gasteiger partial charge >= 0.3 is 39.9 Å². The molecule has 0 spiro atoms. The van der Waals surface area contributed by atoms with E-state index in [0.29, 0.717) is 5.01 Å². The molecule has 1 rings (SSSR count). The van der Waals surface area contributed by atoms with E-state index in [9.17, 15) is 8.42 Å². The van der Waals surface area contributed by atoms with E-state index in [1.807, 2.05) is 0 Å². The minimum absolute atomic E-state index is 0. The molecule has 64 valence electrons. The number of hydrogen-bond donors (Lipinski definition) is 2. The molecule has 0 aliphatic carbocycles. The number of rotatable bonds is 2. The molecule has 12 heavy (non-hydrogen) atoms. The van der Waals surface area contributed by atoms with Crippen molar-refractivity contribution in [3.8, 4) is 0 Å². The second kappa shape index (κ2) is 4.49. The van der Waals surface area contributed by atoms with Crippen LogP contribution >= 0.6 is 11.3 Å². The number of nitrogens with zero attached hydrogens (tertiary/aromatic N) is 2. The average Bonchev–Trinajstić information content (AvgIpc) is 2.10. The predicted octanol–water partition coefficient (Wildman–Crippen LogP) is -0.587. The second-order valence-electron chi connectivity index (χ2n) is 1.70. The number of anilines is 1. The molecule has 0 aromatic carbocycles. The van der Waals surface area contributed by atoms with Crippen LogP contribution in [0.1, 0.15) is 5.01 Å². The number of aromatic nitrogens is 2. The van der Waals surface area contributed by atoms with Crippen LogP contribution in [0.5, 0.6) is 0 Å². The van der Waals surface area contributed by atoms with Gasteiger partial charge in [0.15, 0.2) is 0 Å². The summed E-state index contributed by atoms with van der Waals surface area (Å²) in [7, 11) is -4.21. The van der Waals surface area contributed by atoms with E-state index in [-0.39, 0.29) is 34.7 Å². The zero-order valence-electron chi connectivity index (χ0n) is 5.47. The zero-order chi connectivity index (χ0) is 8.48. The Kier molecular flexibility index (Phi) is 4.59. The van der Waals surface area contributed by atoms with Gasteiger partial charge in [-0.2, -0.15) is 8.42 Å². The molecule has 1 aromatic heterocycles. The molecule has 0 saturated carbocycles. The van der Waals surface area contributed by atoms with Crippen molar-refractivity contribution < 1.29 is 13.0 Å². The van der Waals surface area contributed by atoms with Gasteiger partial charge in [0, 0.05) is 0 Å². The van der Waals surface area contributed by atoms with Crippen LogP contribution in [0.25, 0.3) is 0 Å². The van der Waals surface area contributed by atoms with Crippen molar-refractivity contribution >= 4 is 56.3 Å². The Hall–Kier alpha value is 0.270. The van der Waals surface area contributed by atoms with Gasteiger partial charge in [0.25, 0.3) is 0 Å². The summed E-state index contributed by atoms with van der Waals surface area (Å²) >= 11 is 1.04. The van der Waals surface area contributed by atoms with Gasteiger partial charge in [-0.15, -0.1) is 10.2 Å². The van der Waals surface area contributed by atoms with Crippen LogP contribution in [0.4, 0.5) is 5.13 Å². The van der Waals surface area contributed by atoms with Crippen LogP contribution in [0.15, 0.2) is 0 Å². The van der Waals surface area contributed by atoms with Gasteiger partial charge in [-0.1, -0.05) is 11.3 Å². The van der Waals surface area contributed by atoms with Crippen molar-refractivity contribution in [1.82, 2.24) is 10.2 Å². The Balaban J connectivity index is 0.00000121. The van der Waals surface area contributed by atoms with Crippen LogP contribution in [0.2, 0.25) is 0 Å². The predicted molar refractivity (Wildman–Crippen MR) is 47.0 cm³/mol.